The van der Waals surface area contributed by atoms with Crippen molar-refractivity contribution in [3.63, 3.8) is 0 Å². The molecule has 0 bridgehead atoms. The van der Waals surface area contributed by atoms with Crippen LogP contribution in [0.5, 0.6) is 11.5 Å². The smallest absolute Gasteiger partial charge is 0.170 e. The molecule has 3 aromatic rings. The molecule has 3 rings (SSSR count). The van der Waals surface area contributed by atoms with Gasteiger partial charge in [-0.3, -0.25) is 0 Å². The monoisotopic (exact) mass is 255 g/mol. The van der Waals surface area contributed by atoms with Crippen molar-refractivity contribution in [1.29, 1.82) is 0 Å². The number of phenolic OH excluding ortho intramolecular Hbond substituents is 1. The predicted octanol–water partition coefficient (Wildman–Crippen LogP) is 2.25. The molecule has 0 aliphatic heterocycles. The molecule has 2 aromatic carbocycles. The van der Waals surface area contributed by atoms with Gasteiger partial charge >= 0.3 is 0 Å². The number of benzene rings is 2. The van der Waals surface area contributed by atoms with E-state index in [-0.39, 0.29) is 5.75 Å². The lowest BCUT2D eigenvalue weighted by Crippen LogP contribution is -2.02. The number of aromatic hydroxyl groups is 1. The van der Waals surface area contributed by atoms with Crippen molar-refractivity contribution >= 4 is 10.8 Å². The highest BCUT2D eigenvalue weighted by atomic mass is 16.5. The van der Waals surface area contributed by atoms with Crippen LogP contribution in [0.25, 0.3) is 10.8 Å². The van der Waals surface area contributed by atoms with Gasteiger partial charge in [-0.15, -0.1) is 10.2 Å². The van der Waals surface area contributed by atoms with Crippen LogP contribution in [0.1, 0.15) is 5.82 Å². The van der Waals surface area contributed by atoms with Gasteiger partial charge in [-0.25, -0.2) is 0 Å². The molecule has 0 atom stereocenters. The summed E-state index contributed by atoms with van der Waals surface area (Å²) in [6, 6.07) is 11.0. The third kappa shape index (κ3) is 2.35. The summed E-state index contributed by atoms with van der Waals surface area (Å²) >= 11 is 0. The molecule has 1 N–H and O–H groups in total. The number of nitrogens with zero attached hydrogens (tertiary/aromatic N) is 3. The van der Waals surface area contributed by atoms with E-state index < -0.39 is 0 Å². The van der Waals surface area contributed by atoms with E-state index in [2.05, 4.69) is 10.2 Å². The van der Waals surface area contributed by atoms with Crippen molar-refractivity contribution in [2.75, 3.05) is 0 Å². The first-order chi connectivity index (χ1) is 9.22. The highest BCUT2D eigenvalue weighted by Gasteiger charge is 2.03. The minimum Gasteiger partial charge on any atom is -0.508 e. The van der Waals surface area contributed by atoms with E-state index in [1.165, 1.54) is 0 Å². The SMILES string of the molecule is Cn1cnnc1COc1ccc2ccc(O)cc2c1. The first kappa shape index (κ1) is 11.5. The van der Waals surface area contributed by atoms with Gasteiger partial charge in [0, 0.05) is 7.05 Å². The van der Waals surface area contributed by atoms with Gasteiger partial charge in [-0.1, -0.05) is 12.1 Å². The summed E-state index contributed by atoms with van der Waals surface area (Å²) in [5, 5.41) is 19.2. The second-order valence-electron chi connectivity index (χ2n) is 4.34. The molecule has 96 valence electrons. The Labute approximate surface area is 110 Å². The molecule has 0 saturated heterocycles. The first-order valence-corrected chi connectivity index (χ1v) is 5.91. The Morgan fingerprint density at radius 3 is 2.79 bits per heavy atom. The third-order valence-corrected chi connectivity index (χ3v) is 2.97. The third-order valence-electron chi connectivity index (χ3n) is 2.97. The molecule has 0 radical (unpaired) electrons. The lowest BCUT2D eigenvalue weighted by atomic mass is 10.1. The Morgan fingerprint density at radius 2 is 2.00 bits per heavy atom. The van der Waals surface area contributed by atoms with Crippen molar-refractivity contribution in [2.24, 2.45) is 7.05 Å². The zero-order chi connectivity index (χ0) is 13.2. The Balaban J connectivity index is 1.83. The van der Waals surface area contributed by atoms with E-state index in [0.717, 1.165) is 22.3 Å². The molecule has 5 heteroatoms. The van der Waals surface area contributed by atoms with Crippen LogP contribution >= 0.6 is 0 Å². The van der Waals surface area contributed by atoms with Crippen LogP contribution in [-0.4, -0.2) is 19.9 Å². The number of rotatable bonds is 3. The van der Waals surface area contributed by atoms with Crippen molar-refractivity contribution < 1.29 is 9.84 Å². The van der Waals surface area contributed by atoms with E-state index in [0.29, 0.717) is 6.61 Å². The molecule has 0 amide bonds. The van der Waals surface area contributed by atoms with E-state index in [1.807, 2.05) is 35.9 Å². The van der Waals surface area contributed by atoms with Crippen molar-refractivity contribution in [2.45, 2.75) is 6.61 Å². The molecule has 0 spiro atoms. The fraction of sp³-hybridized carbons (Fsp3) is 0.143. The van der Waals surface area contributed by atoms with Crippen molar-refractivity contribution in [3.8, 4) is 11.5 Å². The number of ether oxygens (including phenoxy) is 1. The zero-order valence-corrected chi connectivity index (χ0v) is 10.4. The quantitative estimate of drug-likeness (QED) is 0.779. The Bertz CT molecular complexity index is 722. The Hall–Kier alpha value is -2.56. The molecule has 1 heterocycles. The van der Waals surface area contributed by atoms with E-state index >= 15 is 0 Å². The number of phenols is 1. The second-order valence-corrected chi connectivity index (χ2v) is 4.34. The molecule has 0 aliphatic carbocycles. The summed E-state index contributed by atoms with van der Waals surface area (Å²) in [5.74, 6) is 1.75. The Morgan fingerprint density at radius 1 is 1.16 bits per heavy atom. The van der Waals surface area contributed by atoms with Gasteiger partial charge in [-0.05, 0) is 35.0 Å². The molecule has 0 saturated carbocycles. The Kier molecular flexibility index (Phi) is 2.79. The van der Waals surface area contributed by atoms with Crippen LogP contribution in [0.4, 0.5) is 0 Å². The zero-order valence-electron chi connectivity index (χ0n) is 10.4. The van der Waals surface area contributed by atoms with Gasteiger partial charge < -0.3 is 14.4 Å². The van der Waals surface area contributed by atoms with Crippen LogP contribution in [0.3, 0.4) is 0 Å². The lowest BCUT2D eigenvalue weighted by molar-refractivity contribution is 0.291. The standard InChI is InChI=1S/C14H13N3O2/c1-17-9-15-16-14(17)8-19-13-5-3-10-2-4-12(18)6-11(10)7-13/h2-7,9,18H,8H2,1H3. The van der Waals surface area contributed by atoms with Gasteiger partial charge in [0.05, 0.1) is 0 Å². The summed E-state index contributed by atoms with van der Waals surface area (Å²) in [4.78, 5) is 0. The minimum absolute atomic E-state index is 0.248. The fourth-order valence-electron chi connectivity index (χ4n) is 1.89. The average molecular weight is 255 g/mol. The molecule has 0 unspecified atom stereocenters. The summed E-state index contributed by atoms with van der Waals surface area (Å²) in [6.45, 7) is 0.362. The van der Waals surface area contributed by atoms with Crippen molar-refractivity contribution in [3.05, 3.63) is 48.5 Å². The second kappa shape index (κ2) is 4.61. The minimum atomic E-state index is 0.248. The van der Waals surface area contributed by atoms with Gasteiger partial charge in [0.2, 0.25) is 0 Å². The summed E-state index contributed by atoms with van der Waals surface area (Å²) in [5.41, 5.74) is 0. The van der Waals surface area contributed by atoms with Crippen molar-refractivity contribution in [1.82, 2.24) is 14.8 Å². The lowest BCUT2D eigenvalue weighted by Gasteiger charge is -2.07. The number of aromatic nitrogens is 3. The number of fused-ring (bicyclic) bond motifs is 1. The topological polar surface area (TPSA) is 60.2 Å². The maximum absolute atomic E-state index is 9.48. The summed E-state index contributed by atoms with van der Waals surface area (Å²) in [7, 11) is 1.87. The fourth-order valence-corrected chi connectivity index (χ4v) is 1.89. The molecule has 0 aliphatic rings. The van der Waals surface area contributed by atoms with Crippen LogP contribution < -0.4 is 4.74 Å². The van der Waals surface area contributed by atoms with Crippen LogP contribution in [0.15, 0.2) is 42.7 Å². The van der Waals surface area contributed by atoms with E-state index in [1.54, 1.807) is 18.5 Å². The number of hydrogen-bond acceptors (Lipinski definition) is 4. The highest BCUT2D eigenvalue weighted by molar-refractivity contribution is 5.85. The summed E-state index contributed by atoms with van der Waals surface area (Å²) < 4.78 is 7.49. The average Bonchev–Trinajstić information content (AvgIpc) is 2.81. The molecule has 5 nitrogen and oxygen atoms in total. The van der Waals surface area contributed by atoms with Crippen LogP contribution in [0, 0.1) is 0 Å². The molecule has 19 heavy (non-hydrogen) atoms. The van der Waals surface area contributed by atoms with Gasteiger partial charge in [0.15, 0.2) is 5.82 Å². The molecular weight excluding hydrogens is 242 g/mol. The number of hydrogen-bond donors (Lipinski definition) is 1. The predicted molar refractivity (Wildman–Crippen MR) is 70.9 cm³/mol. The van der Waals surface area contributed by atoms with Gasteiger partial charge in [0.1, 0.15) is 24.4 Å². The highest BCUT2D eigenvalue weighted by Crippen LogP contribution is 2.24. The van der Waals surface area contributed by atoms with Gasteiger partial charge in [0.25, 0.3) is 0 Å². The van der Waals surface area contributed by atoms with Gasteiger partial charge in [-0.2, -0.15) is 0 Å². The summed E-state index contributed by atoms with van der Waals surface area (Å²) in [6.07, 6.45) is 1.64. The normalized spacial score (nSPS) is 10.8. The maximum atomic E-state index is 9.48. The number of aryl methyl sites for hydroxylation is 1. The van der Waals surface area contributed by atoms with Crippen LogP contribution in [0.2, 0.25) is 0 Å². The maximum Gasteiger partial charge on any atom is 0.170 e. The molecule has 1 aromatic heterocycles. The molecular formula is C14H13N3O2. The van der Waals surface area contributed by atoms with E-state index in [4.69, 9.17) is 4.74 Å². The molecule has 0 fully saturated rings. The largest absolute Gasteiger partial charge is 0.508 e. The first-order valence-electron chi connectivity index (χ1n) is 5.91. The van der Waals surface area contributed by atoms with Crippen LogP contribution in [-0.2, 0) is 13.7 Å². The van der Waals surface area contributed by atoms with E-state index in [9.17, 15) is 5.11 Å².